The van der Waals surface area contributed by atoms with E-state index in [2.05, 4.69) is 25.3 Å². The molecule has 2 atom stereocenters. The molecule has 2 bridgehead atoms. The molecule has 2 aliphatic rings. The summed E-state index contributed by atoms with van der Waals surface area (Å²) in [5.41, 5.74) is -0.748. The zero-order valence-corrected chi connectivity index (χ0v) is 11.9. The molecule has 0 aromatic carbocycles. The highest BCUT2D eigenvalue weighted by atomic mass is 32.2. The van der Waals surface area contributed by atoms with E-state index in [1.54, 1.807) is 0 Å². The van der Waals surface area contributed by atoms with Crippen molar-refractivity contribution in [2.24, 2.45) is 16.7 Å². The van der Waals surface area contributed by atoms with E-state index in [0.29, 0.717) is 0 Å². The van der Waals surface area contributed by atoms with Crippen LogP contribution in [0.4, 0.5) is 0 Å². The Bertz CT molecular complexity index is 464. The first kappa shape index (κ1) is 12.8. The predicted octanol–water partition coefficient (Wildman–Crippen LogP) is 2.38. The monoisotopic (exact) mass is 280 g/mol. The Kier molecular flexibility index (Phi) is 2.74. The molecule has 0 spiro atoms. The van der Waals surface area contributed by atoms with Crippen LogP contribution in [0, 0.1) is 16.7 Å². The third-order valence-corrected chi connectivity index (χ3v) is 6.66. The van der Waals surface area contributed by atoms with Gasteiger partial charge in [-0.15, -0.1) is 25.3 Å². The third-order valence-electron chi connectivity index (χ3n) is 4.42. The molecule has 3 nitrogen and oxygen atoms in total. The molecular weight excluding hydrogens is 264 g/mol. The fourth-order valence-corrected chi connectivity index (χ4v) is 6.05. The molecule has 0 aliphatic heterocycles. The minimum absolute atomic E-state index is 0.197. The standard InChI is InChI=1S/C10H16O3S3/c1-9(2)6-3-4-10(9,5-16(11,12)13)8(15)7(6)14/h6,14-15H,3-5H2,1-2H3,(H,11,12,13). The smallest absolute Gasteiger partial charge is 0.265 e. The molecule has 2 unspecified atom stereocenters. The summed E-state index contributed by atoms with van der Waals surface area (Å²) in [5.74, 6) is 0.0249. The van der Waals surface area contributed by atoms with E-state index in [1.807, 2.05) is 13.8 Å². The highest BCUT2D eigenvalue weighted by molar-refractivity contribution is 7.89. The molecule has 2 rings (SSSR count). The van der Waals surface area contributed by atoms with E-state index in [1.165, 1.54) is 0 Å². The van der Waals surface area contributed by atoms with Gasteiger partial charge in [0.1, 0.15) is 0 Å². The summed E-state index contributed by atoms with van der Waals surface area (Å²) in [6.45, 7) is 4.07. The van der Waals surface area contributed by atoms with Gasteiger partial charge in [0.25, 0.3) is 10.1 Å². The van der Waals surface area contributed by atoms with Gasteiger partial charge in [0.15, 0.2) is 0 Å². The predicted molar refractivity (Wildman–Crippen MR) is 70.4 cm³/mol. The molecule has 0 amide bonds. The Balaban J connectivity index is 2.54. The van der Waals surface area contributed by atoms with Crippen LogP contribution in [0.3, 0.4) is 0 Å². The molecular formula is C10H16O3S3. The van der Waals surface area contributed by atoms with E-state index < -0.39 is 15.5 Å². The normalized spacial score (nSPS) is 37.2. The molecule has 6 heteroatoms. The van der Waals surface area contributed by atoms with Crippen molar-refractivity contribution in [3.63, 3.8) is 0 Å². The van der Waals surface area contributed by atoms with Gasteiger partial charge in [-0.3, -0.25) is 4.55 Å². The van der Waals surface area contributed by atoms with Crippen LogP contribution in [-0.2, 0) is 10.1 Å². The summed E-state index contributed by atoms with van der Waals surface area (Å²) in [4.78, 5) is 1.64. The first-order chi connectivity index (χ1) is 7.12. The van der Waals surface area contributed by atoms with Crippen molar-refractivity contribution in [1.82, 2.24) is 0 Å². The van der Waals surface area contributed by atoms with Gasteiger partial charge in [-0.25, -0.2) is 0 Å². The Morgan fingerprint density at radius 3 is 2.38 bits per heavy atom. The molecule has 92 valence electrons. The van der Waals surface area contributed by atoms with Crippen LogP contribution in [0.2, 0.25) is 0 Å². The molecule has 1 N–H and O–H groups in total. The van der Waals surface area contributed by atoms with Gasteiger partial charge in [-0.2, -0.15) is 8.42 Å². The van der Waals surface area contributed by atoms with E-state index in [-0.39, 0.29) is 17.1 Å². The minimum atomic E-state index is -4.00. The number of allylic oxidation sites excluding steroid dienone is 2. The molecule has 0 saturated heterocycles. The number of hydrogen-bond acceptors (Lipinski definition) is 4. The quantitative estimate of drug-likeness (QED) is 0.538. The summed E-state index contributed by atoms with van der Waals surface area (Å²) in [6, 6.07) is 0. The molecule has 0 aromatic rings. The van der Waals surface area contributed by atoms with Crippen molar-refractivity contribution >= 4 is 35.4 Å². The minimum Gasteiger partial charge on any atom is -0.286 e. The summed E-state index contributed by atoms with van der Waals surface area (Å²) in [6.07, 6.45) is 1.68. The third kappa shape index (κ3) is 1.50. The topological polar surface area (TPSA) is 54.4 Å². The SMILES string of the molecule is CC1(C)C2CCC1(CS(=O)(=O)O)C(S)=C2S. The lowest BCUT2D eigenvalue weighted by molar-refractivity contribution is 0.178. The van der Waals surface area contributed by atoms with Crippen molar-refractivity contribution in [2.45, 2.75) is 26.7 Å². The summed E-state index contributed by atoms with van der Waals surface area (Å²) in [5, 5.41) is 0. The Morgan fingerprint density at radius 2 is 2.00 bits per heavy atom. The van der Waals surface area contributed by atoms with E-state index in [4.69, 9.17) is 4.55 Å². The maximum Gasteiger partial charge on any atom is 0.265 e. The molecule has 2 aliphatic carbocycles. The van der Waals surface area contributed by atoms with E-state index in [9.17, 15) is 8.42 Å². The number of rotatable bonds is 2. The maximum absolute atomic E-state index is 11.2. The first-order valence-electron chi connectivity index (χ1n) is 5.19. The zero-order valence-electron chi connectivity index (χ0n) is 9.27. The second-order valence-corrected chi connectivity index (χ2v) is 7.74. The second-order valence-electron chi connectivity index (χ2n) is 5.36. The fourth-order valence-electron chi connectivity index (χ4n) is 3.36. The highest BCUT2D eigenvalue weighted by Crippen LogP contribution is 2.69. The number of fused-ring (bicyclic) bond motifs is 2. The molecule has 0 aromatic heterocycles. The second kappa shape index (κ2) is 3.43. The van der Waals surface area contributed by atoms with Crippen molar-refractivity contribution in [3.05, 3.63) is 9.81 Å². The Morgan fingerprint density at radius 1 is 1.44 bits per heavy atom. The average Bonchev–Trinajstić information content (AvgIpc) is 2.39. The molecule has 1 fully saturated rings. The van der Waals surface area contributed by atoms with Gasteiger partial charge in [0.05, 0.1) is 5.75 Å². The van der Waals surface area contributed by atoms with E-state index in [0.717, 1.165) is 22.7 Å². The molecule has 0 radical (unpaired) electrons. The van der Waals surface area contributed by atoms with Crippen molar-refractivity contribution in [3.8, 4) is 0 Å². The van der Waals surface area contributed by atoms with Gasteiger partial charge in [0.2, 0.25) is 0 Å². The van der Waals surface area contributed by atoms with Crippen molar-refractivity contribution < 1.29 is 13.0 Å². The first-order valence-corrected chi connectivity index (χ1v) is 7.70. The van der Waals surface area contributed by atoms with Crippen LogP contribution in [0.1, 0.15) is 26.7 Å². The largest absolute Gasteiger partial charge is 0.286 e. The Hall–Kier alpha value is 0.350. The van der Waals surface area contributed by atoms with Gasteiger partial charge >= 0.3 is 0 Å². The van der Waals surface area contributed by atoms with Crippen LogP contribution in [0.15, 0.2) is 9.81 Å². The summed E-state index contributed by atoms with van der Waals surface area (Å²) in [7, 11) is -4.00. The van der Waals surface area contributed by atoms with Gasteiger partial charge in [0, 0.05) is 5.41 Å². The maximum atomic E-state index is 11.2. The van der Waals surface area contributed by atoms with Crippen LogP contribution in [0.25, 0.3) is 0 Å². The van der Waals surface area contributed by atoms with Crippen molar-refractivity contribution in [2.75, 3.05) is 5.75 Å². The molecule has 1 saturated carbocycles. The lowest BCUT2D eigenvalue weighted by Crippen LogP contribution is -2.38. The van der Waals surface area contributed by atoms with Gasteiger partial charge in [-0.05, 0) is 34.0 Å². The van der Waals surface area contributed by atoms with Crippen LogP contribution < -0.4 is 0 Å². The van der Waals surface area contributed by atoms with Crippen molar-refractivity contribution in [1.29, 1.82) is 0 Å². The van der Waals surface area contributed by atoms with Gasteiger partial charge < -0.3 is 0 Å². The summed E-state index contributed by atoms with van der Waals surface area (Å²) >= 11 is 8.87. The van der Waals surface area contributed by atoms with E-state index >= 15 is 0 Å². The zero-order chi connectivity index (χ0) is 12.4. The lowest BCUT2D eigenvalue weighted by Gasteiger charge is -2.38. The molecule has 0 heterocycles. The molecule has 16 heavy (non-hydrogen) atoms. The highest BCUT2D eigenvalue weighted by Gasteiger charge is 2.63. The fraction of sp³-hybridized carbons (Fsp3) is 0.800. The number of hydrogen-bond donors (Lipinski definition) is 3. The number of thiol groups is 2. The van der Waals surface area contributed by atoms with Crippen LogP contribution in [-0.4, -0.2) is 18.7 Å². The van der Waals surface area contributed by atoms with Crippen LogP contribution >= 0.6 is 25.3 Å². The summed E-state index contributed by atoms with van der Waals surface area (Å²) < 4.78 is 31.5. The lowest BCUT2D eigenvalue weighted by atomic mass is 9.70. The van der Waals surface area contributed by atoms with Crippen LogP contribution in [0.5, 0.6) is 0 Å². The van der Waals surface area contributed by atoms with Gasteiger partial charge in [-0.1, -0.05) is 13.8 Å². The average molecular weight is 280 g/mol. The Labute approximate surface area is 107 Å².